The van der Waals surface area contributed by atoms with Gasteiger partial charge in [0.1, 0.15) is 12.4 Å². The van der Waals surface area contributed by atoms with Gasteiger partial charge in [-0.2, -0.15) is 17.8 Å². The van der Waals surface area contributed by atoms with Crippen LogP contribution in [0.3, 0.4) is 0 Å². The highest BCUT2D eigenvalue weighted by Crippen LogP contribution is 2.50. The van der Waals surface area contributed by atoms with Crippen molar-refractivity contribution in [3.63, 3.8) is 0 Å². The summed E-state index contributed by atoms with van der Waals surface area (Å²) in [7, 11) is 0.0576. The van der Waals surface area contributed by atoms with Gasteiger partial charge in [0.15, 0.2) is 12.2 Å². The number of piperidine rings is 1. The average Bonchev–Trinajstić information content (AvgIpc) is 3.84. The number of allylic oxidation sites excluding steroid dienone is 1. The number of quaternary nitrogens is 1. The van der Waals surface area contributed by atoms with Crippen LogP contribution < -0.4 is 0 Å². The van der Waals surface area contributed by atoms with E-state index in [1.807, 2.05) is 0 Å². The van der Waals surface area contributed by atoms with Gasteiger partial charge in [0.05, 0.1) is 17.9 Å². The SMILES string of the molecule is C=[SiH]C1(CCCC)CN(CCCC=C2C[N+]23CCC(CC)C(=N)N3CCc2cccc(C(F)(F)F)c2)C(=N)C(C)C1CCCCCC1CCCCC1. The van der Waals surface area contributed by atoms with Gasteiger partial charge in [-0.25, -0.2) is 5.01 Å². The van der Waals surface area contributed by atoms with Gasteiger partial charge in [0.25, 0.3) is 0 Å². The van der Waals surface area contributed by atoms with Crippen molar-refractivity contribution >= 4 is 27.0 Å². The molecule has 5 nitrogen and oxygen atoms in total. The minimum Gasteiger partial charge on any atom is -0.360 e. The fourth-order valence-electron chi connectivity index (χ4n) is 10.2. The van der Waals surface area contributed by atoms with Crippen molar-refractivity contribution in [2.45, 2.75) is 148 Å². The van der Waals surface area contributed by atoms with Gasteiger partial charge >= 0.3 is 6.18 Å². The minimum atomic E-state index is -4.35. The molecule has 1 saturated carbocycles. The Morgan fingerprint density at radius 2 is 1.75 bits per heavy atom. The number of alkyl halides is 3. The average molecular weight is 741 g/mol. The van der Waals surface area contributed by atoms with Crippen LogP contribution in [0.1, 0.15) is 141 Å². The Hall–Kier alpha value is -2.26. The predicted octanol–water partition coefficient (Wildman–Crippen LogP) is 10.7. The number of nitrogens with zero attached hydrogens (tertiary/aromatic N) is 3. The summed E-state index contributed by atoms with van der Waals surface area (Å²) in [4.78, 5) is 2.41. The van der Waals surface area contributed by atoms with Crippen molar-refractivity contribution in [1.82, 2.24) is 9.91 Å². The summed E-state index contributed by atoms with van der Waals surface area (Å²) in [6.07, 6.45) is 24.6. The number of nitrogens with one attached hydrogen (secondary N) is 2. The molecule has 52 heavy (non-hydrogen) atoms. The van der Waals surface area contributed by atoms with E-state index in [1.54, 1.807) is 6.07 Å². The molecule has 5 rings (SSSR count). The maximum absolute atomic E-state index is 13.4. The summed E-state index contributed by atoms with van der Waals surface area (Å²) in [6.45, 7) is 11.1. The van der Waals surface area contributed by atoms with E-state index in [4.69, 9.17) is 5.41 Å². The maximum Gasteiger partial charge on any atom is 0.416 e. The van der Waals surface area contributed by atoms with Crippen molar-refractivity contribution in [3.8, 4) is 0 Å². The number of rotatable bonds is 18. The Morgan fingerprint density at radius 3 is 2.46 bits per heavy atom. The normalized spacial score (nSPS) is 29.3. The van der Waals surface area contributed by atoms with Crippen LogP contribution in [0.2, 0.25) is 5.04 Å². The summed E-state index contributed by atoms with van der Waals surface area (Å²) < 4.78 is 40.8. The molecule has 4 fully saturated rings. The van der Waals surface area contributed by atoms with Crippen molar-refractivity contribution in [1.29, 1.82) is 10.8 Å². The Labute approximate surface area is 315 Å². The molecular weight excluding hydrogens is 672 g/mol. The zero-order chi connectivity index (χ0) is 37.4. The Bertz CT molecular complexity index is 1390. The molecule has 9 heteroatoms. The third-order valence-corrected chi connectivity index (χ3v) is 15.3. The molecule has 0 amide bonds. The number of benzene rings is 1. The molecule has 1 aromatic carbocycles. The number of unbranched alkanes of at least 4 members (excludes halogenated alkanes) is 4. The first-order valence-corrected chi connectivity index (χ1v) is 22.4. The first kappa shape index (κ1) is 40.9. The molecule has 3 saturated heterocycles. The van der Waals surface area contributed by atoms with Crippen LogP contribution in [0.25, 0.3) is 0 Å². The monoisotopic (exact) mass is 741 g/mol. The zero-order valence-electron chi connectivity index (χ0n) is 32.7. The van der Waals surface area contributed by atoms with E-state index >= 15 is 0 Å². The maximum atomic E-state index is 13.4. The lowest BCUT2D eigenvalue weighted by molar-refractivity contribution is -0.896. The van der Waals surface area contributed by atoms with E-state index in [9.17, 15) is 18.6 Å². The van der Waals surface area contributed by atoms with Crippen molar-refractivity contribution < 1.29 is 17.8 Å². The highest BCUT2D eigenvalue weighted by atomic mass is 28.2. The number of hydrogen-bond donors (Lipinski definition) is 2. The minimum absolute atomic E-state index is 0.0576. The molecule has 5 unspecified atom stereocenters. The topological polar surface area (TPSA) is 54.2 Å². The second-order valence-electron chi connectivity index (χ2n) is 16.9. The van der Waals surface area contributed by atoms with Gasteiger partial charge in [0.2, 0.25) is 0 Å². The lowest BCUT2D eigenvalue weighted by atomic mass is 9.72. The number of hydrogen-bond acceptors (Lipinski definition) is 2. The molecule has 1 aromatic rings. The molecule has 290 valence electrons. The van der Waals surface area contributed by atoms with Gasteiger partial charge in [-0.05, 0) is 82.2 Å². The van der Waals surface area contributed by atoms with Crippen LogP contribution in [0, 0.1) is 34.5 Å². The van der Waals surface area contributed by atoms with Gasteiger partial charge in [-0.15, -0.1) is 6.17 Å². The molecular formula is C43H69F3N5Si+. The van der Waals surface area contributed by atoms with Gasteiger partial charge in [-0.1, -0.05) is 110 Å². The standard InChI is InChI=1S/C43H69F3N5Si/c1-5-7-26-42(52-4)32-49(40(47)33(3)39(42)23-13-9-12-19-34-17-10-8-11-18-34)27-15-14-22-38-31-51(38)29-25-36(6-2)41(48)50(51)28-24-35-20-16-21-37(30-35)43(44,45)46/h16,20-22,30,33-34,36,39,47-48,52H,4-15,17-19,23-29,31-32H2,1-3H3/q+1. The summed E-state index contributed by atoms with van der Waals surface area (Å²) in [5.41, 5.74) is 1.40. The summed E-state index contributed by atoms with van der Waals surface area (Å²) >= 11 is 0. The molecule has 0 bridgehead atoms. The predicted molar refractivity (Wildman–Crippen MR) is 213 cm³/mol. The highest BCUT2D eigenvalue weighted by Gasteiger charge is 2.59. The van der Waals surface area contributed by atoms with E-state index in [-0.39, 0.29) is 26.0 Å². The van der Waals surface area contributed by atoms with Crippen molar-refractivity contribution in [2.75, 3.05) is 32.7 Å². The van der Waals surface area contributed by atoms with E-state index in [1.165, 1.54) is 101 Å². The van der Waals surface area contributed by atoms with Gasteiger partial charge in [-0.3, -0.25) is 10.8 Å². The van der Waals surface area contributed by atoms with Crippen molar-refractivity contribution in [3.05, 3.63) is 47.2 Å². The molecule has 4 aliphatic rings. The highest BCUT2D eigenvalue weighted by molar-refractivity contribution is 6.45. The molecule has 0 aromatic heterocycles. The smallest absolute Gasteiger partial charge is 0.360 e. The first-order chi connectivity index (χ1) is 25.0. The van der Waals surface area contributed by atoms with Crippen LogP contribution in [0.15, 0.2) is 36.0 Å². The van der Waals surface area contributed by atoms with E-state index < -0.39 is 11.7 Å². The van der Waals surface area contributed by atoms with E-state index in [0.29, 0.717) is 34.9 Å². The van der Waals surface area contributed by atoms with Gasteiger partial charge in [0, 0.05) is 31.3 Å². The zero-order valence-corrected chi connectivity index (χ0v) is 33.9. The number of amidine groups is 2. The fourth-order valence-corrected chi connectivity index (χ4v) is 11.7. The molecule has 3 aliphatic heterocycles. The van der Waals surface area contributed by atoms with Crippen LogP contribution in [-0.4, -0.2) is 74.2 Å². The van der Waals surface area contributed by atoms with E-state index in [0.717, 1.165) is 69.7 Å². The Balaban J connectivity index is 1.17. The third kappa shape index (κ3) is 9.69. The summed E-state index contributed by atoms with van der Waals surface area (Å²) in [5, 5.41) is 20.8. The molecule has 1 spiro atoms. The summed E-state index contributed by atoms with van der Waals surface area (Å²) in [5.74, 6) is 3.51. The first-order valence-electron chi connectivity index (χ1n) is 21.0. The molecule has 3 heterocycles. The fraction of sp³-hybridized carbons (Fsp3) is 0.744. The Kier molecular flexibility index (Phi) is 14.5. The van der Waals surface area contributed by atoms with Crippen molar-refractivity contribution in [2.24, 2.45) is 23.7 Å². The molecule has 1 aliphatic carbocycles. The van der Waals surface area contributed by atoms with Gasteiger partial charge < -0.3 is 4.90 Å². The number of halogens is 3. The lowest BCUT2D eigenvalue weighted by Gasteiger charge is -2.51. The second kappa shape index (κ2) is 18.4. The number of likely N-dealkylation sites (tertiary alicyclic amines) is 1. The Morgan fingerprint density at radius 1 is 0.981 bits per heavy atom. The van der Waals surface area contributed by atoms with E-state index in [2.05, 4.69) is 42.9 Å². The van der Waals surface area contributed by atoms with Crippen LogP contribution in [0.4, 0.5) is 13.2 Å². The largest absolute Gasteiger partial charge is 0.416 e. The summed E-state index contributed by atoms with van der Waals surface area (Å²) in [6, 6.07) is 5.67. The second-order valence-corrected chi connectivity index (χ2v) is 18.4. The lowest BCUT2D eigenvalue weighted by Crippen LogP contribution is -2.56. The molecule has 0 radical (unpaired) electrons. The quantitative estimate of drug-likeness (QED) is 0.0681. The molecule has 5 atom stereocenters. The van der Waals surface area contributed by atoms with Crippen LogP contribution in [0.5, 0.6) is 0 Å². The van der Waals surface area contributed by atoms with Crippen LogP contribution >= 0.6 is 0 Å². The van der Waals surface area contributed by atoms with Crippen LogP contribution in [-0.2, 0) is 12.6 Å². The third-order valence-electron chi connectivity index (χ3n) is 13.6. The molecule has 2 N–H and O–H groups in total.